The van der Waals surface area contributed by atoms with Crippen molar-refractivity contribution in [2.24, 2.45) is 0 Å². The van der Waals surface area contributed by atoms with Gasteiger partial charge in [0, 0.05) is 35.3 Å². The Hall–Kier alpha value is -2.14. The van der Waals surface area contributed by atoms with Crippen LogP contribution < -0.4 is 5.32 Å². The highest BCUT2D eigenvalue weighted by Gasteiger charge is 2.26. The van der Waals surface area contributed by atoms with Crippen LogP contribution in [0.15, 0.2) is 35.8 Å². The number of anilines is 1. The summed E-state index contributed by atoms with van der Waals surface area (Å²) in [7, 11) is 0. The van der Waals surface area contributed by atoms with E-state index < -0.39 is 0 Å². The molecule has 0 aliphatic heterocycles. The fourth-order valence-electron chi connectivity index (χ4n) is 3.01. The van der Waals surface area contributed by atoms with Crippen molar-refractivity contribution < 1.29 is 4.79 Å². The number of hydrogen-bond acceptors (Lipinski definition) is 3. The lowest BCUT2D eigenvalue weighted by Crippen LogP contribution is -2.14. The Morgan fingerprint density at radius 3 is 3.00 bits per heavy atom. The van der Waals surface area contributed by atoms with Crippen molar-refractivity contribution >= 4 is 27.9 Å². The van der Waals surface area contributed by atoms with Gasteiger partial charge >= 0.3 is 0 Å². The van der Waals surface area contributed by atoms with Gasteiger partial charge in [0.2, 0.25) is 5.91 Å². The number of imidazole rings is 1. The van der Waals surface area contributed by atoms with Crippen molar-refractivity contribution in [1.82, 2.24) is 9.38 Å². The third-order valence-corrected chi connectivity index (χ3v) is 5.47. The second-order valence-corrected chi connectivity index (χ2v) is 7.22. The molecular formula is C19H21N3OS. The van der Waals surface area contributed by atoms with E-state index in [-0.39, 0.29) is 5.91 Å². The lowest BCUT2D eigenvalue weighted by atomic mass is 10.1. The first kappa shape index (κ1) is 15.4. The lowest BCUT2D eigenvalue weighted by Gasteiger charge is -2.09. The average Bonchev–Trinajstić information content (AvgIpc) is 3.25. The Kier molecular flexibility index (Phi) is 4.10. The number of aryl methyl sites for hydroxylation is 2. The number of carbonyl (C=O) groups is 1. The molecule has 0 atom stereocenters. The normalized spacial score (nSPS) is 14.2. The molecule has 4 nitrogen and oxygen atoms in total. The van der Waals surface area contributed by atoms with Crippen LogP contribution in [0.5, 0.6) is 0 Å². The molecule has 4 rings (SSSR count). The summed E-state index contributed by atoms with van der Waals surface area (Å²) in [6.45, 7) is 2.10. The molecule has 1 aliphatic rings. The standard InChI is InChI=1S/C19H21N3OS/c1-2-13-5-3-4-6-16(13)20-18(23)10-9-15-12-24-19-21-17(11-22(15)19)14-7-8-14/h3-6,11-12,14H,2,7-10H2,1H3,(H,20,23). The molecule has 1 saturated carbocycles. The zero-order chi connectivity index (χ0) is 16.5. The van der Waals surface area contributed by atoms with E-state index in [1.807, 2.05) is 18.2 Å². The molecule has 1 amide bonds. The maximum absolute atomic E-state index is 12.3. The first-order valence-electron chi connectivity index (χ1n) is 8.57. The second kappa shape index (κ2) is 6.40. The summed E-state index contributed by atoms with van der Waals surface area (Å²) >= 11 is 1.66. The molecule has 0 spiro atoms. The van der Waals surface area contributed by atoms with E-state index in [1.54, 1.807) is 11.3 Å². The number of nitrogens with one attached hydrogen (secondary N) is 1. The maximum atomic E-state index is 12.3. The Labute approximate surface area is 145 Å². The number of amides is 1. The SMILES string of the molecule is CCc1ccccc1NC(=O)CCc1csc2nc(C3CC3)cn12. The van der Waals surface area contributed by atoms with Crippen LogP contribution in [-0.4, -0.2) is 15.3 Å². The topological polar surface area (TPSA) is 46.4 Å². The van der Waals surface area contributed by atoms with Gasteiger partial charge in [-0.05, 0) is 37.3 Å². The number of carbonyl (C=O) groups excluding carboxylic acids is 1. The van der Waals surface area contributed by atoms with E-state index in [9.17, 15) is 4.79 Å². The molecule has 1 fully saturated rings. The van der Waals surface area contributed by atoms with E-state index in [4.69, 9.17) is 4.98 Å². The predicted octanol–water partition coefficient (Wildman–Crippen LogP) is 4.41. The van der Waals surface area contributed by atoms with Crippen LogP contribution in [0.1, 0.15) is 49.1 Å². The summed E-state index contributed by atoms with van der Waals surface area (Å²) < 4.78 is 2.16. The fourth-order valence-corrected chi connectivity index (χ4v) is 3.92. The predicted molar refractivity (Wildman–Crippen MR) is 97.8 cm³/mol. The van der Waals surface area contributed by atoms with Crippen LogP contribution >= 0.6 is 11.3 Å². The van der Waals surface area contributed by atoms with Crippen LogP contribution in [0.2, 0.25) is 0 Å². The summed E-state index contributed by atoms with van der Waals surface area (Å²) in [4.78, 5) is 18.0. The molecule has 0 radical (unpaired) electrons. The van der Waals surface area contributed by atoms with Gasteiger partial charge in [0.05, 0.1) is 5.69 Å². The van der Waals surface area contributed by atoms with Gasteiger partial charge in [-0.25, -0.2) is 4.98 Å². The Morgan fingerprint density at radius 1 is 1.38 bits per heavy atom. The molecule has 1 N–H and O–H groups in total. The molecule has 2 heterocycles. The average molecular weight is 339 g/mol. The van der Waals surface area contributed by atoms with E-state index in [2.05, 4.69) is 34.3 Å². The number of nitrogens with zero attached hydrogens (tertiary/aromatic N) is 2. The molecule has 2 aromatic heterocycles. The van der Waals surface area contributed by atoms with E-state index in [0.717, 1.165) is 23.5 Å². The van der Waals surface area contributed by atoms with Crippen molar-refractivity contribution in [2.45, 2.75) is 44.9 Å². The van der Waals surface area contributed by atoms with E-state index in [0.29, 0.717) is 12.3 Å². The van der Waals surface area contributed by atoms with Gasteiger partial charge < -0.3 is 5.32 Å². The molecule has 3 aromatic rings. The monoisotopic (exact) mass is 339 g/mol. The van der Waals surface area contributed by atoms with Crippen molar-refractivity contribution in [1.29, 1.82) is 0 Å². The Bertz CT molecular complexity index is 876. The number of fused-ring (bicyclic) bond motifs is 1. The molecule has 1 aliphatic carbocycles. The van der Waals surface area contributed by atoms with Gasteiger partial charge in [-0.2, -0.15) is 0 Å². The van der Waals surface area contributed by atoms with Crippen LogP contribution in [0.3, 0.4) is 0 Å². The van der Waals surface area contributed by atoms with Crippen LogP contribution in [0.25, 0.3) is 4.96 Å². The minimum absolute atomic E-state index is 0.0674. The summed E-state index contributed by atoms with van der Waals surface area (Å²) in [5.74, 6) is 0.733. The molecule has 24 heavy (non-hydrogen) atoms. The summed E-state index contributed by atoms with van der Waals surface area (Å²) in [6, 6.07) is 8.00. The van der Waals surface area contributed by atoms with Crippen LogP contribution in [0.4, 0.5) is 5.69 Å². The molecule has 0 unspecified atom stereocenters. The van der Waals surface area contributed by atoms with Crippen molar-refractivity contribution in [2.75, 3.05) is 5.32 Å². The second-order valence-electron chi connectivity index (χ2n) is 6.38. The largest absolute Gasteiger partial charge is 0.326 e. The number of hydrogen-bond donors (Lipinski definition) is 1. The van der Waals surface area contributed by atoms with Gasteiger partial charge in [-0.15, -0.1) is 11.3 Å². The number of aromatic nitrogens is 2. The van der Waals surface area contributed by atoms with E-state index in [1.165, 1.54) is 29.8 Å². The van der Waals surface area contributed by atoms with Gasteiger partial charge in [0.1, 0.15) is 0 Å². The third kappa shape index (κ3) is 3.08. The fraction of sp³-hybridized carbons (Fsp3) is 0.368. The zero-order valence-corrected chi connectivity index (χ0v) is 14.6. The van der Waals surface area contributed by atoms with Gasteiger partial charge in [0.15, 0.2) is 4.96 Å². The Balaban J connectivity index is 1.42. The smallest absolute Gasteiger partial charge is 0.224 e. The summed E-state index contributed by atoms with van der Waals surface area (Å²) in [6.07, 6.45) is 6.82. The summed E-state index contributed by atoms with van der Waals surface area (Å²) in [5, 5.41) is 5.16. The highest BCUT2D eigenvalue weighted by atomic mass is 32.1. The molecule has 5 heteroatoms. The van der Waals surface area contributed by atoms with Gasteiger partial charge in [0.25, 0.3) is 0 Å². The van der Waals surface area contributed by atoms with Crippen molar-refractivity contribution in [3.63, 3.8) is 0 Å². The van der Waals surface area contributed by atoms with Crippen molar-refractivity contribution in [3.8, 4) is 0 Å². The number of para-hydroxylation sites is 1. The minimum Gasteiger partial charge on any atom is -0.326 e. The molecular weight excluding hydrogens is 318 g/mol. The summed E-state index contributed by atoms with van der Waals surface area (Å²) in [5.41, 5.74) is 4.49. The van der Waals surface area contributed by atoms with Crippen LogP contribution in [0, 0.1) is 0 Å². The molecule has 124 valence electrons. The zero-order valence-electron chi connectivity index (χ0n) is 13.8. The quantitative estimate of drug-likeness (QED) is 0.723. The molecule has 0 saturated heterocycles. The van der Waals surface area contributed by atoms with Crippen LogP contribution in [-0.2, 0) is 17.6 Å². The highest BCUT2D eigenvalue weighted by molar-refractivity contribution is 7.15. The lowest BCUT2D eigenvalue weighted by molar-refractivity contribution is -0.116. The highest BCUT2D eigenvalue weighted by Crippen LogP contribution is 2.40. The van der Waals surface area contributed by atoms with Gasteiger partial charge in [-0.3, -0.25) is 9.20 Å². The number of rotatable bonds is 6. The molecule has 1 aromatic carbocycles. The number of thiazole rings is 1. The first-order chi connectivity index (χ1) is 11.7. The van der Waals surface area contributed by atoms with E-state index >= 15 is 0 Å². The molecule has 0 bridgehead atoms. The first-order valence-corrected chi connectivity index (χ1v) is 9.45. The third-order valence-electron chi connectivity index (χ3n) is 4.58. The van der Waals surface area contributed by atoms with Gasteiger partial charge in [-0.1, -0.05) is 25.1 Å². The maximum Gasteiger partial charge on any atom is 0.224 e. The van der Waals surface area contributed by atoms with Crippen molar-refractivity contribution in [3.05, 3.63) is 52.8 Å². The Morgan fingerprint density at radius 2 is 2.21 bits per heavy atom. The number of benzene rings is 1. The minimum atomic E-state index is 0.0674.